The van der Waals surface area contributed by atoms with Crippen LogP contribution in [0.4, 0.5) is 14.5 Å². The third kappa shape index (κ3) is 2.87. The Morgan fingerprint density at radius 2 is 1.94 bits per heavy atom. The molecule has 0 bridgehead atoms. The second-order valence-corrected chi connectivity index (χ2v) is 3.56. The van der Waals surface area contributed by atoms with E-state index in [1.54, 1.807) is 0 Å². The summed E-state index contributed by atoms with van der Waals surface area (Å²) in [4.78, 5) is 9.22. The molecule has 8 heteroatoms. The number of alkyl halides is 1. The molecule has 1 aromatic rings. The molecule has 1 rings (SSSR count). The molecule has 0 aromatic heterocycles. The Morgan fingerprint density at radius 1 is 1.35 bits per heavy atom. The number of hydrogen-bond acceptors (Lipinski definition) is 4. The van der Waals surface area contributed by atoms with Crippen molar-refractivity contribution in [2.75, 3.05) is 5.88 Å². The molecule has 0 saturated carbocycles. The second-order valence-electron chi connectivity index (χ2n) is 3.25. The van der Waals surface area contributed by atoms with Crippen LogP contribution in [0.2, 0.25) is 0 Å². The van der Waals surface area contributed by atoms with Gasteiger partial charge >= 0.3 is 5.69 Å². The fourth-order valence-electron chi connectivity index (χ4n) is 1.21. The van der Waals surface area contributed by atoms with E-state index < -0.39 is 40.0 Å². The van der Waals surface area contributed by atoms with Gasteiger partial charge in [0.25, 0.3) is 0 Å². The number of halogens is 3. The molecule has 17 heavy (non-hydrogen) atoms. The van der Waals surface area contributed by atoms with Crippen LogP contribution in [0.15, 0.2) is 12.1 Å². The Balaban J connectivity index is 3.20. The Kier molecular flexibility index (Phi) is 4.33. The predicted octanol–water partition coefficient (Wildman–Crippen LogP) is 1.51. The highest BCUT2D eigenvalue weighted by molar-refractivity contribution is 6.18. The first-order chi connectivity index (χ1) is 7.88. The highest BCUT2D eigenvalue weighted by Gasteiger charge is 2.25. The Bertz CT molecular complexity index is 443. The number of aliphatic hydroxyl groups is 2. The topological polar surface area (TPSA) is 83.6 Å². The molecular formula is C9H8ClF2NO4. The average molecular weight is 268 g/mol. The van der Waals surface area contributed by atoms with Gasteiger partial charge in [-0.25, -0.2) is 4.39 Å². The van der Waals surface area contributed by atoms with Crippen molar-refractivity contribution in [1.82, 2.24) is 0 Å². The summed E-state index contributed by atoms with van der Waals surface area (Å²) >= 11 is 5.24. The van der Waals surface area contributed by atoms with Crippen LogP contribution in [0.25, 0.3) is 0 Å². The van der Waals surface area contributed by atoms with Crippen LogP contribution in [0.5, 0.6) is 0 Å². The quantitative estimate of drug-likeness (QED) is 0.492. The summed E-state index contributed by atoms with van der Waals surface area (Å²) in [5, 5.41) is 28.9. The summed E-state index contributed by atoms with van der Waals surface area (Å²) < 4.78 is 26.5. The standard InChI is InChI=1S/C9H8ClF2NO4/c10-3-8(14)9(15)4-1-6(12)7(13(16)17)2-5(4)11/h1-2,8-9,14-15H,3H2. The van der Waals surface area contributed by atoms with Crippen molar-refractivity contribution in [2.24, 2.45) is 0 Å². The first-order valence-corrected chi connectivity index (χ1v) is 4.97. The van der Waals surface area contributed by atoms with Crippen molar-refractivity contribution in [1.29, 1.82) is 0 Å². The maximum atomic E-state index is 13.4. The van der Waals surface area contributed by atoms with Crippen LogP contribution in [-0.2, 0) is 0 Å². The molecule has 0 aliphatic rings. The number of benzene rings is 1. The number of aliphatic hydroxyl groups excluding tert-OH is 2. The third-order valence-corrected chi connectivity index (χ3v) is 2.42. The molecule has 0 heterocycles. The van der Waals surface area contributed by atoms with Crippen molar-refractivity contribution in [3.8, 4) is 0 Å². The van der Waals surface area contributed by atoms with Crippen LogP contribution in [0.1, 0.15) is 11.7 Å². The zero-order chi connectivity index (χ0) is 13.2. The zero-order valence-corrected chi connectivity index (χ0v) is 9.06. The molecule has 0 aliphatic carbocycles. The molecule has 2 N–H and O–H groups in total. The lowest BCUT2D eigenvalue weighted by atomic mass is 10.0. The fraction of sp³-hybridized carbons (Fsp3) is 0.333. The minimum absolute atomic E-state index is 0.342. The van der Waals surface area contributed by atoms with Crippen molar-refractivity contribution in [2.45, 2.75) is 12.2 Å². The van der Waals surface area contributed by atoms with Gasteiger partial charge in [0.05, 0.1) is 23.0 Å². The van der Waals surface area contributed by atoms with E-state index in [-0.39, 0.29) is 5.88 Å². The lowest BCUT2D eigenvalue weighted by molar-refractivity contribution is -0.387. The highest BCUT2D eigenvalue weighted by atomic mass is 35.5. The lowest BCUT2D eigenvalue weighted by Crippen LogP contribution is -2.21. The number of nitro groups is 1. The minimum Gasteiger partial charge on any atom is -0.389 e. The first kappa shape index (κ1) is 13.8. The smallest absolute Gasteiger partial charge is 0.307 e. The van der Waals surface area contributed by atoms with Gasteiger partial charge in [0.2, 0.25) is 5.82 Å². The van der Waals surface area contributed by atoms with E-state index in [4.69, 9.17) is 16.7 Å². The zero-order valence-electron chi connectivity index (χ0n) is 8.31. The van der Waals surface area contributed by atoms with Crippen LogP contribution >= 0.6 is 11.6 Å². The molecule has 1 aromatic carbocycles. The van der Waals surface area contributed by atoms with E-state index in [9.17, 15) is 24.0 Å². The van der Waals surface area contributed by atoms with E-state index in [1.165, 1.54) is 0 Å². The maximum Gasteiger partial charge on any atom is 0.307 e. The second kappa shape index (κ2) is 5.35. The van der Waals surface area contributed by atoms with Gasteiger partial charge in [-0.2, -0.15) is 4.39 Å². The van der Waals surface area contributed by atoms with Gasteiger partial charge in [-0.05, 0) is 6.07 Å². The summed E-state index contributed by atoms with van der Waals surface area (Å²) in [6.07, 6.45) is -3.24. The summed E-state index contributed by atoms with van der Waals surface area (Å²) in [7, 11) is 0. The maximum absolute atomic E-state index is 13.4. The molecule has 2 unspecified atom stereocenters. The molecule has 0 fully saturated rings. The van der Waals surface area contributed by atoms with Crippen LogP contribution < -0.4 is 0 Å². The Morgan fingerprint density at radius 3 is 2.41 bits per heavy atom. The van der Waals surface area contributed by atoms with Crippen molar-refractivity contribution < 1.29 is 23.9 Å². The number of hydrogen-bond donors (Lipinski definition) is 2. The van der Waals surface area contributed by atoms with E-state index in [0.717, 1.165) is 0 Å². The highest BCUT2D eigenvalue weighted by Crippen LogP contribution is 2.27. The van der Waals surface area contributed by atoms with Crippen LogP contribution in [0.3, 0.4) is 0 Å². The van der Waals surface area contributed by atoms with Crippen molar-refractivity contribution in [3.05, 3.63) is 39.4 Å². The minimum atomic E-state index is -1.75. The molecule has 0 radical (unpaired) electrons. The molecule has 0 saturated heterocycles. The summed E-state index contributed by atoms with van der Waals surface area (Å²) in [6.45, 7) is 0. The monoisotopic (exact) mass is 267 g/mol. The van der Waals surface area contributed by atoms with Gasteiger partial charge in [0.1, 0.15) is 11.9 Å². The van der Waals surface area contributed by atoms with Crippen LogP contribution in [0, 0.1) is 21.7 Å². The predicted molar refractivity (Wildman–Crippen MR) is 54.7 cm³/mol. The fourth-order valence-corrected chi connectivity index (χ4v) is 1.38. The molecule has 0 aliphatic heterocycles. The van der Waals surface area contributed by atoms with Gasteiger partial charge in [-0.1, -0.05) is 0 Å². The Labute approximate surface area is 99.4 Å². The van der Waals surface area contributed by atoms with Crippen LogP contribution in [-0.4, -0.2) is 27.1 Å². The SMILES string of the molecule is O=[N+]([O-])c1cc(F)c(C(O)C(O)CCl)cc1F. The summed E-state index contributed by atoms with van der Waals surface area (Å²) in [6, 6.07) is 0.808. The number of rotatable bonds is 4. The molecule has 2 atom stereocenters. The molecule has 0 amide bonds. The van der Waals surface area contributed by atoms with Gasteiger partial charge < -0.3 is 10.2 Å². The van der Waals surface area contributed by atoms with Gasteiger partial charge in [0.15, 0.2) is 0 Å². The van der Waals surface area contributed by atoms with Crippen molar-refractivity contribution in [3.63, 3.8) is 0 Å². The Hall–Kier alpha value is -1.31. The number of nitro benzene ring substituents is 1. The third-order valence-electron chi connectivity index (χ3n) is 2.10. The van der Waals surface area contributed by atoms with Gasteiger partial charge in [-0.15, -0.1) is 11.6 Å². The van der Waals surface area contributed by atoms with Crippen molar-refractivity contribution >= 4 is 17.3 Å². The summed E-state index contributed by atoms with van der Waals surface area (Å²) in [5.74, 6) is -2.87. The normalized spacial score (nSPS) is 14.4. The van der Waals surface area contributed by atoms with E-state index in [2.05, 4.69) is 0 Å². The van der Waals surface area contributed by atoms with Gasteiger partial charge in [0, 0.05) is 5.56 Å². The molecule has 94 valence electrons. The van der Waals surface area contributed by atoms with Gasteiger partial charge in [-0.3, -0.25) is 10.1 Å². The lowest BCUT2D eigenvalue weighted by Gasteiger charge is -2.16. The largest absolute Gasteiger partial charge is 0.389 e. The first-order valence-electron chi connectivity index (χ1n) is 4.44. The van der Waals surface area contributed by atoms with E-state index >= 15 is 0 Å². The molecular weight excluding hydrogens is 260 g/mol. The average Bonchev–Trinajstić information content (AvgIpc) is 2.29. The van der Waals surface area contributed by atoms with E-state index in [1.807, 2.05) is 0 Å². The molecule has 0 spiro atoms. The summed E-state index contributed by atoms with van der Waals surface area (Å²) in [5.41, 5.74) is -1.62. The van der Waals surface area contributed by atoms with E-state index in [0.29, 0.717) is 12.1 Å². The number of nitrogens with zero attached hydrogens (tertiary/aromatic N) is 1. The molecule has 5 nitrogen and oxygen atoms in total.